The Morgan fingerprint density at radius 2 is 1.18 bits per heavy atom. The Labute approximate surface area is 290 Å². The number of thiophene rings is 2. The standard InChI is InChI=1S/C15H17NOS.C15H17NS.C3H9ISi.2C2H6/c1-11(12-5-3-2-4-6-12)16-9-13-7-8-18-15(13)14(17)10-16;1-12(13-5-3-2-4-6-13)16-9-7-15-14(11-16)8-10-17-15;1-5(2,3)4;2*1-2/h2-8,11,14,17H,9-10H2,1H3;2-6,8,10,12H,7,9,11H2,1H3;1-3H3;2*1-2H3. The number of benzene rings is 2. The maximum atomic E-state index is 10.2. The zero-order valence-corrected chi connectivity index (χ0v) is 33.2. The SMILES string of the molecule is CC.CC.CC(c1ccccc1)N1CCc2sccc2C1.CC(c1ccccc1)N1Cc2ccsc2C(O)C1.C[Si](C)(C)I. The molecule has 2 aromatic heterocycles. The Morgan fingerprint density at radius 3 is 1.73 bits per heavy atom. The minimum absolute atomic E-state index is 0.333. The Bertz CT molecular complexity index is 1300. The molecule has 2 aliphatic heterocycles. The maximum absolute atomic E-state index is 10.2. The van der Waals surface area contributed by atoms with Crippen LogP contribution in [0.2, 0.25) is 19.6 Å². The number of hydrogen-bond acceptors (Lipinski definition) is 5. The van der Waals surface area contributed by atoms with E-state index in [1.807, 2.05) is 45.1 Å². The molecule has 2 aliphatic rings. The summed E-state index contributed by atoms with van der Waals surface area (Å²) in [5.74, 6) is 0. The van der Waals surface area contributed by atoms with Gasteiger partial charge >= 0.3 is 0 Å². The number of halogens is 1. The van der Waals surface area contributed by atoms with E-state index in [2.05, 4.69) is 143 Å². The van der Waals surface area contributed by atoms with Gasteiger partial charge in [0.25, 0.3) is 0 Å². The van der Waals surface area contributed by atoms with E-state index >= 15 is 0 Å². The van der Waals surface area contributed by atoms with Gasteiger partial charge in [0.15, 0.2) is 0 Å². The first-order chi connectivity index (χ1) is 21.1. The van der Waals surface area contributed by atoms with Crippen LogP contribution in [0.15, 0.2) is 83.6 Å². The predicted molar refractivity (Wildman–Crippen MR) is 208 cm³/mol. The molecule has 0 fully saturated rings. The molecule has 0 saturated heterocycles. The van der Waals surface area contributed by atoms with E-state index in [1.54, 1.807) is 16.2 Å². The van der Waals surface area contributed by atoms with Crippen LogP contribution in [0.3, 0.4) is 0 Å². The van der Waals surface area contributed by atoms with Crippen molar-refractivity contribution in [1.29, 1.82) is 0 Å². The van der Waals surface area contributed by atoms with Crippen molar-refractivity contribution in [2.24, 2.45) is 0 Å². The summed E-state index contributed by atoms with van der Waals surface area (Å²) in [5.41, 5.74) is 4.90. The van der Waals surface area contributed by atoms with Crippen LogP contribution in [0.5, 0.6) is 0 Å². The normalized spacial score (nSPS) is 17.3. The van der Waals surface area contributed by atoms with Gasteiger partial charge in [0.2, 0.25) is 0 Å². The molecule has 3 nitrogen and oxygen atoms in total. The second kappa shape index (κ2) is 20.0. The highest BCUT2D eigenvalue weighted by Crippen LogP contribution is 2.35. The molecule has 44 heavy (non-hydrogen) atoms. The van der Waals surface area contributed by atoms with Crippen LogP contribution in [0.1, 0.15) is 91.7 Å². The fraction of sp³-hybridized carbons (Fsp3) is 0.459. The first-order valence-corrected chi connectivity index (χ1v) is 24.5. The van der Waals surface area contributed by atoms with Crippen molar-refractivity contribution in [2.45, 2.75) is 98.9 Å². The largest absolute Gasteiger partial charge is 0.386 e. The van der Waals surface area contributed by atoms with Crippen LogP contribution in [-0.4, -0.2) is 33.6 Å². The summed E-state index contributed by atoms with van der Waals surface area (Å²) in [6, 6.07) is 26.6. The van der Waals surface area contributed by atoms with Crippen molar-refractivity contribution in [1.82, 2.24) is 9.80 Å². The lowest BCUT2D eigenvalue weighted by atomic mass is 10.0. The van der Waals surface area contributed by atoms with Crippen molar-refractivity contribution < 1.29 is 5.11 Å². The topological polar surface area (TPSA) is 26.7 Å². The molecule has 0 spiro atoms. The first-order valence-electron chi connectivity index (χ1n) is 16.2. The molecule has 3 atom stereocenters. The third-order valence-electron chi connectivity index (χ3n) is 7.36. The summed E-state index contributed by atoms with van der Waals surface area (Å²) in [6.07, 6.45) is 0.879. The summed E-state index contributed by atoms with van der Waals surface area (Å²) in [4.78, 5) is 7.65. The molecule has 0 bridgehead atoms. The molecular formula is C37H55IN2OS2Si. The smallest absolute Gasteiger partial charge is 0.116 e. The predicted octanol–water partition coefficient (Wildman–Crippen LogP) is 11.5. The van der Waals surface area contributed by atoms with Crippen molar-refractivity contribution in [3.05, 3.63) is 116 Å². The van der Waals surface area contributed by atoms with Crippen LogP contribution in [0, 0.1) is 0 Å². The number of hydrogen-bond donors (Lipinski definition) is 1. The summed E-state index contributed by atoms with van der Waals surface area (Å²) in [5, 5.41) is 14.5. The second-order valence-corrected chi connectivity index (χ2v) is 27.4. The lowest BCUT2D eigenvalue weighted by Crippen LogP contribution is -2.34. The van der Waals surface area contributed by atoms with Gasteiger partial charge in [-0.25, -0.2) is 0 Å². The van der Waals surface area contributed by atoms with Gasteiger partial charge in [-0.1, -0.05) is 108 Å². The summed E-state index contributed by atoms with van der Waals surface area (Å²) >= 11 is 6.09. The Kier molecular flexibility index (Phi) is 17.7. The van der Waals surface area contributed by atoms with E-state index in [0.29, 0.717) is 12.1 Å². The molecule has 2 aromatic carbocycles. The molecule has 0 saturated carbocycles. The van der Waals surface area contributed by atoms with Crippen LogP contribution < -0.4 is 0 Å². The van der Waals surface area contributed by atoms with Crippen LogP contribution in [0.25, 0.3) is 0 Å². The highest BCUT2D eigenvalue weighted by atomic mass is 127. The van der Waals surface area contributed by atoms with Crippen LogP contribution in [-0.2, 0) is 19.5 Å². The van der Waals surface area contributed by atoms with Crippen molar-refractivity contribution in [3.8, 4) is 0 Å². The molecule has 242 valence electrons. The molecule has 0 radical (unpaired) electrons. The molecular weight excluding hydrogens is 708 g/mol. The fourth-order valence-electron chi connectivity index (χ4n) is 5.14. The zero-order chi connectivity index (χ0) is 32.7. The lowest BCUT2D eigenvalue weighted by molar-refractivity contribution is 0.0726. The van der Waals surface area contributed by atoms with Gasteiger partial charge < -0.3 is 5.11 Å². The van der Waals surface area contributed by atoms with Crippen LogP contribution >= 0.6 is 44.5 Å². The Morgan fingerprint density at radius 1 is 0.727 bits per heavy atom. The van der Waals surface area contributed by atoms with Crippen molar-refractivity contribution in [3.63, 3.8) is 0 Å². The van der Waals surface area contributed by atoms with E-state index in [0.717, 1.165) is 24.5 Å². The number of aliphatic hydroxyl groups is 1. The number of β-amino-alcohol motifs (C(OH)–C–C–N with tert-alkyl or cyclic N) is 1. The van der Waals surface area contributed by atoms with Gasteiger partial charge in [0, 0.05) is 48.0 Å². The van der Waals surface area contributed by atoms with Gasteiger partial charge in [0.05, 0.1) is 0 Å². The first kappa shape index (κ1) is 38.8. The quantitative estimate of drug-likeness (QED) is 0.127. The lowest BCUT2D eigenvalue weighted by Gasteiger charge is -2.35. The minimum Gasteiger partial charge on any atom is -0.386 e. The summed E-state index contributed by atoms with van der Waals surface area (Å²) < 4.78 is 0. The fourth-order valence-corrected chi connectivity index (χ4v) is 6.92. The van der Waals surface area contributed by atoms with E-state index in [4.69, 9.17) is 0 Å². The number of rotatable bonds is 4. The Hall–Kier alpha value is -1.33. The van der Waals surface area contributed by atoms with Crippen molar-refractivity contribution >= 4 is 50.0 Å². The van der Waals surface area contributed by atoms with E-state index < -0.39 is 5.57 Å². The summed E-state index contributed by atoms with van der Waals surface area (Å²) in [6.45, 7) is 23.4. The van der Waals surface area contributed by atoms with Gasteiger partial charge in [-0.2, -0.15) is 0 Å². The number of nitrogens with zero attached hydrogens (tertiary/aromatic N) is 2. The van der Waals surface area contributed by atoms with Gasteiger partial charge in [-0.15, -0.1) is 44.5 Å². The average Bonchev–Trinajstić information content (AvgIpc) is 3.72. The number of aliphatic hydroxyl groups excluding tert-OH is 1. The third kappa shape index (κ3) is 12.5. The summed E-state index contributed by atoms with van der Waals surface area (Å²) in [7, 11) is 0. The van der Waals surface area contributed by atoms with Gasteiger partial charge in [0.1, 0.15) is 11.7 Å². The van der Waals surface area contributed by atoms with E-state index in [-0.39, 0.29) is 6.10 Å². The number of fused-ring (bicyclic) bond motifs is 2. The van der Waals surface area contributed by atoms with Gasteiger partial charge in [-0.05, 0) is 65.4 Å². The molecule has 7 heteroatoms. The molecule has 0 amide bonds. The molecule has 6 rings (SSSR count). The molecule has 1 N–H and O–H groups in total. The highest BCUT2D eigenvalue weighted by Gasteiger charge is 2.28. The Balaban J connectivity index is 0.000000243. The van der Waals surface area contributed by atoms with Crippen LogP contribution in [0.4, 0.5) is 0 Å². The molecule has 4 aromatic rings. The highest BCUT2D eigenvalue weighted by molar-refractivity contribution is 14.1. The molecule has 4 heterocycles. The molecule has 3 unspecified atom stereocenters. The van der Waals surface area contributed by atoms with Crippen molar-refractivity contribution in [2.75, 3.05) is 13.1 Å². The minimum atomic E-state index is -0.641. The van der Waals surface area contributed by atoms with E-state index in [1.165, 1.54) is 35.2 Å². The second-order valence-electron chi connectivity index (χ2n) is 11.6. The van der Waals surface area contributed by atoms with Gasteiger partial charge in [-0.3, -0.25) is 9.80 Å². The average molecular weight is 763 g/mol. The third-order valence-corrected chi connectivity index (χ3v) is 9.44. The maximum Gasteiger partial charge on any atom is 0.116 e. The molecule has 0 aliphatic carbocycles. The van der Waals surface area contributed by atoms with E-state index in [9.17, 15) is 5.11 Å². The zero-order valence-electron chi connectivity index (χ0n) is 28.4. The monoisotopic (exact) mass is 762 g/mol.